The lowest BCUT2D eigenvalue weighted by Crippen LogP contribution is -2.47. The highest BCUT2D eigenvalue weighted by molar-refractivity contribution is 5.67. The molecule has 0 saturated carbocycles. The summed E-state index contributed by atoms with van der Waals surface area (Å²) in [6, 6.07) is 0. The van der Waals surface area contributed by atoms with Crippen LogP contribution < -0.4 is 0 Å². The fourth-order valence-corrected chi connectivity index (χ4v) is 4.91. The van der Waals surface area contributed by atoms with E-state index < -0.39 is 30.6 Å². The highest BCUT2D eigenvalue weighted by Crippen LogP contribution is 2.21. The Bertz CT molecular complexity index is 516. The first-order valence-corrected chi connectivity index (χ1v) is 14.9. The summed E-state index contributed by atoms with van der Waals surface area (Å²) in [7, 11) is 0. The Kier molecular flexibility index (Phi) is 20.6. The van der Waals surface area contributed by atoms with Crippen LogP contribution in [0.25, 0.3) is 0 Å². The zero-order chi connectivity index (χ0) is 26.4. The molecule has 0 amide bonds. The van der Waals surface area contributed by atoms with E-state index in [1.54, 1.807) is 0 Å². The van der Waals surface area contributed by atoms with E-state index in [4.69, 9.17) is 14.6 Å². The van der Waals surface area contributed by atoms with E-state index in [1.165, 1.54) is 89.9 Å². The van der Waals surface area contributed by atoms with Crippen molar-refractivity contribution in [2.24, 2.45) is 0 Å². The first-order valence-electron chi connectivity index (χ1n) is 14.9. The number of aliphatic hydroxyl groups excluding tert-OH is 3. The van der Waals surface area contributed by atoms with Crippen molar-refractivity contribution < 1.29 is 34.7 Å². The molecule has 7 heteroatoms. The number of carboxylic acid groups (broad SMARTS) is 1. The van der Waals surface area contributed by atoms with E-state index in [1.807, 2.05) is 6.92 Å². The molecule has 0 aliphatic carbocycles. The quantitative estimate of drug-likeness (QED) is 0.114. The molecule has 1 aliphatic rings. The second-order valence-electron chi connectivity index (χ2n) is 10.9. The molecule has 0 spiro atoms. The molecule has 1 saturated heterocycles. The van der Waals surface area contributed by atoms with Crippen LogP contribution in [0.1, 0.15) is 142 Å². The third-order valence-electron chi connectivity index (χ3n) is 7.31. The molecule has 214 valence electrons. The van der Waals surface area contributed by atoms with Crippen molar-refractivity contribution in [3.8, 4) is 0 Å². The molecule has 7 nitrogen and oxygen atoms in total. The summed E-state index contributed by atoms with van der Waals surface area (Å²) >= 11 is 0. The van der Waals surface area contributed by atoms with Gasteiger partial charge in [-0.25, -0.2) is 0 Å². The highest BCUT2D eigenvalue weighted by atomic mass is 16.7. The van der Waals surface area contributed by atoms with Crippen LogP contribution in [0.5, 0.6) is 0 Å². The predicted molar refractivity (Wildman–Crippen MR) is 143 cm³/mol. The Hall–Kier alpha value is -0.730. The zero-order valence-electron chi connectivity index (χ0n) is 23.0. The van der Waals surface area contributed by atoms with Crippen LogP contribution >= 0.6 is 0 Å². The van der Waals surface area contributed by atoms with Gasteiger partial charge in [-0.2, -0.15) is 0 Å². The number of carboxylic acids is 1. The second kappa shape index (κ2) is 22.3. The van der Waals surface area contributed by atoms with E-state index in [0.717, 1.165) is 25.7 Å². The molecule has 1 aliphatic heterocycles. The smallest absolute Gasteiger partial charge is 0.305 e. The maximum atomic E-state index is 10.5. The molecule has 0 aromatic carbocycles. The Labute approximate surface area is 220 Å². The summed E-state index contributed by atoms with van der Waals surface area (Å²) in [5, 5.41) is 37.7. The van der Waals surface area contributed by atoms with Crippen molar-refractivity contribution in [3.63, 3.8) is 0 Å². The van der Waals surface area contributed by atoms with Gasteiger partial charge >= 0.3 is 5.97 Å². The lowest BCUT2D eigenvalue weighted by atomic mass is 10.0. The summed E-state index contributed by atoms with van der Waals surface area (Å²) in [6.07, 6.45) is 20.4. The molecule has 36 heavy (non-hydrogen) atoms. The van der Waals surface area contributed by atoms with Crippen LogP contribution in [0.2, 0.25) is 0 Å². The predicted octanol–water partition coefficient (Wildman–Crippen LogP) is 6.11. The van der Waals surface area contributed by atoms with Gasteiger partial charge in [-0.3, -0.25) is 4.79 Å². The Morgan fingerprint density at radius 1 is 0.750 bits per heavy atom. The largest absolute Gasteiger partial charge is 0.481 e. The molecular formula is C29H56O7. The van der Waals surface area contributed by atoms with E-state index in [9.17, 15) is 20.1 Å². The lowest BCUT2D eigenvalue weighted by molar-refractivity contribution is -0.261. The van der Waals surface area contributed by atoms with Crippen molar-refractivity contribution >= 4 is 5.97 Å². The van der Waals surface area contributed by atoms with Gasteiger partial charge in [0.2, 0.25) is 0 Å². The molecule has 0 aromatic rings. The number of hydrogen-bond acceptors (Lipinski definition) is 6. The standard InChI is InChI=1S/C29H56O7/c1-24-26(31)23-27(32)29(36-24)35-21-19-17-15-13-11-9-7-5-3-2-4-6-8-10-12-14-16-18-20-25(30)22-28(33)34/h24-27,29-32H,2-23H2,1H3,(H,33,34). The van der Waals surface area contributed by atoms with Crippen molar-refractivity contribution in [1.82, 2.24) is 0 Å². The molecule has 1 rings (SSSR count). The number of hydrogen-bond donors (Lipinski definition) is 4. The fraction of sp³-hybridized carbons (Fsp3) is 0.966. The molecule has 0 radical (unpaired) electrons. The molecule has 5 unspecified atom stereocenters. The molecule has 0 aromatic heterocycles. The molecule has 0 bridgehead atoms. The number of carbonyl (C=O) groups is 1. The number of ether oxygens (including phenoxy) is 2. The second-order valence-corrected chi connectivity index (χ2v) is 10.9. The van der Waals surface area contributed by atoms with Gasteiger partial charge in [-0.1, -0.05) is 109 Å². The minimum atomic E-state index is -0.917. The van der Waals surface area contributed by atoms with E-state index in [0.29, 0.717) is 19.4 Å². The summed E-state index contributed by atoms with van der Waals surface area (Å²) in [5.41, 5.74) is 0. The first-order chi connectivity index (χ1) is 17.4. The zero-order valence-corrected chi connectivity index (χ0v) is 23.0. The maximum Gasteiger partial charge on any atom is 0.305 e. The van der Waals surface area contributed by atoms with Crippen LogP contribution in [0.4, 0.5) is 0 Å². The normalized spacial score (nSPS) is 23.1. The lowest BCUT2D eigenvalue weighted by Gasteiger charge is -2.35. The summed E-state index contributed by atoms with van der Waals surface area (Å²) in [6.45, 7) is 2.41. The van der Waals surface area contributed by atoms with Crippen LogP contribution in [0.15, 0.2) is 0 Å². The number of unbranched alkanes of at least 4 members (excludes halogenated alkanes) is 17. The highest BCUT2D eigenvalue weighted by Gasteiger charge is 2.34. The molecule has 1 fully saturated rings. The number of aliphatic hydroxyl groups is 3. The van der Waals surface area contributed by atoms with Crippen molar-refractivity contribution in [1.29, 1.82) is 0 Å². The average molecular weight is 517 g/mol. The SMILES string of the molecule is CC1OC(OCCCCCCCCCCCCCCCCCCCCC(O)CC(=O)O)C(O)CC1O. The van der Waals surface area contributed by atoms with Crippen molar-refractivity contribution in [2.45, 2.75) is 172 Å². The number of aliphatic carboxylic acids is 1. The van der Waals surface area contributed by atoms with Gasteiger partial charge in [0.15, 0.2) is 6.29 Å². The molecular weight excluding hydrogens is 460 g/mol. The van der Waals surface area contributed by atoms with Crippen LogP contribution in [0.3, 0.4) is 0 Å². The molecule has 4 N–H and O–H groups in total. The minimum Gasteiger partial charge on any atom is -0.481 e. The first kappa shape index (κ1) is 33.3. The van der Waals surface area contributed by atoms with Gasteiger partial charge in [-0.05, 0) is 19.8 Å². The third-order valence-corrected chi connectivity index (χ3v) is 7.31. The molecule has 1 heterocycles. The van der Waals surface area contributed by atoms with Gasteiger partial charge in [0, 0.05) is 13.0 Å². The van der Waals surface area contributed by atoms with E-state index >= 15 is 0 Å². The monoisotopic (exact) mass is 516 g/mol. The van der Waals surface area contributed by atoms with Crippen LogP contribution in [0, 0.1) is 0 Å². The minimum absolute atomic E-state index is 0.130. The average Bonchev–Trinajstić information content (AvgIpc) is 2.82. The maximum absolute atomic E-state index is 10.5. The van der Waals surface area contributed by atoms with Crippen LogP contribution in [-0.2, 0) is 14.3 Å². The molecule has 5 atom stereocenters. The van der Waals surface area contributed by atoms with E-state index in [2.05, 4.69) is 0 Å². The van der Waals surface area contributed by atoms with Gasteiger partial charge in [0.1, 0.15) is 6.10 Å². The van der Waals surface area contributed by atoms with Gasteiger partial charge in [-0.15, -0.1) is 0 Å². The third kappa shape index (κ3) is 18.5. The number of rotatable bonds is 24. The fourth-order valence-electron chi connectivity index (χ4n) is 4.91. The van der Waals surface area contributed by atoms with E-state index in [-0.39, 0.29) is 12.5 Å². The summed E-state index contributed by atoms with van der Waals surface area (Å²) in [4.78, 5) is 10.5. The van der Waals surface area contributed by atoms with Crippen LogP contribution in [-0.4, -0.2) is 63.7 Å². The summed E-state index contributed by atoms with van der Waals surface area (Å²) in [5.74, 6) is -0.917. The Balaban J connectivity index is 1.72. The van der Waals surface area contributed by atoms with Crippen molar-refractivity contribution in [2.75, 3.05) is 6.61 Å². The summed E-state index contributed by atoms with van der Waals surface area (Å²) < 4.78 is 11.2. The van der Waals surface area contributed by atoms with Gasteiger partial charge in [0.05, 0.1) is 24.7 Å². The Morgan fingerprint density at radius 3 is 1.61 bits per heavy atom. The topological polar surface area (TPSA) is 116 Å². The Morgan fingerprint density at radius 2 is 1.17 bits per heavy atom. The van der Waals surface area contributed by atoms with Crippen molar-refractivity contribution in [3.05, 3.63) is 0 Å². The van der Waals surface area contributed by atoms with Gasteiger partial charge < -0.3 is 29.9 Å². The van der Waals surface area contributed by atoms with Gasteiger partial charge in [0.25, 0.3) is 0 Å².